The van der Waals surface area contributed by atoms with E-state index in [4.69, 9.17) is 0 Å². The number of thiazole rings is 1. The van der Waals surface area contributed by atoms with Crippen LogP contribution in [0.4, 0.5) is 5.13 Å². The van der Waals surface area contributed by atoms with Crippen molar-refractivity contribution in [2.45, 2.75) is 26.2 Å². The Morgan fingerprint density at radius 1 is 1.18 bits per heavy atom. The van der Waals surface area contributed by atoms with E-state index >= 15 is 0 Å². The Labute approximate surface area is 133 Å². The van der Waals surface area contributed by atoms with E-state index in [9.17, 15) is 4.79 Å². The fourth-order valence-electron chi connectivity index (χ4n) is 2.13. The van der Waals surface area contributed by atoms with E-state index in [2.05, 4.69) is 36.1 Å². The molecule has 0 radical (unpaired) electrons. The van der Waals surface area contributed by atoms with E-state index in [-0.39, 0.29) is 11.3 Å². The van der Waals surface area contributed by atoms with Crippen LogP contribution in [-0.2, 0) is 5.41 Å². The number of pyridine rings is 1. The Morgan fingerprint density at radius 2 is 1.95 bits per heavy atom. The molecule has 0 atom stereocenters. The highest BCUT2D eigenvalue weighted by Gasteiger charge is 2.19. The van der Waals surface area contributed by atoms with Crippen molar-refractivity contribution < 1.29 is 4.79 Å². The molecular formula is C17H17N3OS. The quantitative estimate of drug-likeness (QED) is 0.770. The number of nitrogens with zero attached hydrogens (tertiary/aromatic N) is 2. The fraction of sp³-hybridized carbons (Fsp3) is 0.235. The summed E-state index contributed by atoms with van der Waals surface area (Å²) in [4.78, 5) is 21.3. The van der Waals surface area contributed by atoms with Gasteiger partial charge in [-0.1, -0.05) is 39.0 Å². The first-order valence-electron chi connectivity index (χ1n) is 7.06. The van der Waals surface area contributed by atoms with Crippen LogP contribution in [-0.4, -0.2) is 15.9 Å². The molecule has 0 saturated carbocycles. The first-order valence-corrected chi connectivity index (χ1v) is 7.94. The molecule has 2 heterocycles. The number of fused-ring (bicyclic) bond motifs is 1. The maximum Gasteiger partial charge on any atom is 0.258 e. The van der Waals surface area contributed by atoms with Crippen LogP contribution in [0, 0.1) is 0 Å². The van der Waals surface area contributed by atoms with Gasteiger partial charge in [0.25, 0.3) is 5.91 Å². The summed E-state index contributed by atoms with van der Waals surface area (Å²) in [5.74, 6) is -0.159. The maximum atomic E-state index is 12.5. The van der Waals surface area contributed by atoms with Crippen molar-refractivity contribution in [1.29, 1.82) is 0 Å². The largest absolute Gasteiger partial charge is 0.298 e. The SMILES string of the molecule is CC(C)(C)c1csc(NC(=O)c2ccnc3ccccc23)n1. The molecule has 0 spiro atoms. The van der Waals surface area contributed by atoms with Crippen molar-refractivity contribution >= 4 is 33.3 Å². The van der Waals surface area contributed by atoms with E-state index in [1.807, 2.05) is 29.6 Å². The van der Waals surface area contributed by atoms with Crippen LogP contribution >= 0.6 is 11.3 Å². The van der Waals surface area contributed by atoms with Crippen molar-refractivity contribution in [3.63, 3.8) is 0 Å². The minimum absolute atomic E-state index is 0.0250. The maximum absolute atomic E-state index is 12.5. The molecule has 3 rings (SSSR count). The van der Waals surface area contributed by atoms with Gasteiger partial charge in [0, 0.05) is 22.4 Å². The summed E-state index contributed by atoms with van der Waals surface area (Å²) in [6, 6.07) is 9.35. The number of hydrogen-bond donors (Lipinski definition) is 1. The summed E-state index contributed by atoms with van der Waals surface area (Å²) in [5, 5.41) is 6.33. The van der Waals surface area contributed by atoms with Crippen LogP contribution in [0.15, 0.2) is 41.9 Å². The molecule has 5 heteroatoms. The van der Waals surface area contributed by atoms with Gasteiger partial charge in [0.1, 0.15) is 0 Å². The van der Waals surface area contributed by atoms with Crippen molar-refractivity contribution in [2.75, 3.05) is 5.32 Å². The van der Waals surface area contributed by atoms with Gasteiger partial charge in [-0.3, -0.25) is 15.1 Å². The lowest BCUT2D eigenvalue weighted by Gasteiger charge is -2.14. The summed E-state index contributed by atoms with van der Waals surface area (Å²) in [6.45, 7) is 6.30. The molecule has 0 unspecified atom stereocenters. The molecule has 112 valence electrons. The molecule has 1 amide bonds. The van der Waals surface area contributed by atoms with Gasteiger partial charge in [-0.2, -0.15) is 0 Å². The topological polar surface area (TPSA) is 54.9 Å². The molecule has 3 aromatic rings. The van der Waals surface area contributed by atoms with Gasteiger partial charge in [0.2, 0.25) is 0 Å². The average Bonchev–Trinajstić information content (AvgIpc) is 2.95. The number of anilines is 1. The molecule has 22 heavy (non-hydrogen) atoms. The lowest BCUT2D eigenvalue weighted by Crippen LogP contribution is -2.14. The Hall–Kier alpha value is -2.27. The molecule has 1 aromatic carbocycles. The third-order valence-corrected chi connectivity index (χ3v) is 4.14. The Morgan fingerprint density at radius 3 is 2.68 bits per heavy atom. The second-order valence-corrected chi connectivity index (χ2v) is 6.98. The van der Waals surface area contributed by atoms with Gasteiger partial charge < -0.3 is 0 Å². The number of carbonyl (C=O) groups is 1. The molecule has 4 nitrogen and oxygen atoms in total. The summed E-state index contributed by atoms with van der Waals surface area (Å²) in [6.07, 6.45) is 1.65. The van der Waals surface area contributed by atoms with E-state index in [0.29, 0.717) is 10.7 Å². The van der Waals surface area contributed by atoms with Crippen LogP contribution < -0.4 is 5.32 Å². The highest BCUT2D eigenvalue weighted by molar-refractivity contribution is 7.14. The zero-order chi connectivity index (χ0) is 15.7. The fourth-order valence-corrected chi connectivity index (χ4v) is 3.07. The van der Waals surface area contributed by atoms with Crippen molar-refractivity contribution in [3.05, 3.63) is 53.2 Å². The number of nitrogens with one attached hydrogen (secondary N) is 1. The van der Waals surface area contributed by atoms with Gasteiger partial charge in [-0.25, -0.2) is 4.98 Å². The Bertz CT molecular complexity index is 828. The van der Waals surface area contributed by atoms with Gasteiger partial charge in [0.05, 0.1) is 16.8 Å². The van der Waals surface area contributed by atoms with Crippen LogP contribution in [0.3, 0.4) is 0 Å². The number of amides is 1. The van der Waals surface area contributed by atoms with Crippen LogP contribution in [0.25, 0.3) is 10.9 Å². The van der Waals surface area contributed by atoms with Gasteiger partial charge in [0.15, 0.2) is 5.13 Å². The number of para-hydroxylation sites is 1. The highest BCUT2D eigenvalue weighted by atomic mass is 32.1. The van der Waals surface area contributed by atoms with Gasteiger partial charge >= 0.3 is 0 Å². The van der Waals surface area contributed by atoms with Crippen LogP contribution in [0.5, 0.6) is 0 Å². The Balaban J connectivity index is 1.89. The molecule has 0 aliphatic carbocycles. The molecular weight excluding hydrogens is 294 g/mol. The van der Waals surface area contributed by atoms with E-state index in [1.54, 1.807) is 12.3 Å². The Kier molecular flexibility index (Phi) is 3.66. The second-order valence-electron chi connectivity index (χ2n) is 6.12. The van der Waals surface area contributed by atoms with Gasteiger partial charge in [-0.05, 0) is 12.1 Å². The average molecular weight is 311 g/mol. The molecule has 0 saturated heterocycles. The highest BCUT2D eigenvalue weighted by Crippen LogP contribution is 2.27. The number of carbonyl (C=O) groups excluding carboxylic acids is 1. The molecule has 1 N–H and O–H groups in total. The molecule has 0 aliphatic rings. The second kappa shape index (κ2) is 5.50. The first-order chi connectivity index (χ1) is 10.4. The summed E-state index contributed by atoms with van der Waals surface area (Å²) in [5.41, 5.74) is 2.37. The minimum atomic E-state index is -0.159. The summed E-state index contributed by atoms with van der Waals surface area (Å²) >= 11 is 1.45. The summed E-state index contributed by atoms with van der Waals surface area (Å²) in [7, 11) is 0. The normalized spacial score (nSPS) is 11.6. The third-order valence-electron chi connectivity index (χ3n) is 3.39. The number of rotatable bonds is 2. The predicted octanol–water partition coefficient (Wildman–Crippen LogP) is 4.24. The van der Waals surface area contributed by atoms with Gasteiger partial charge in [-0.15, -0.1) is 11.3 Å². The molecule has 2 aromatic heterocycles. The van der Waals surface area contributed by atoms with Crippen molar-refractivity contribution in [3.8, 4) is 0 Å². The van der Waals surface area contributed by atoms with Crippen LogP contribution in [0.1, 0.15) is 36.8 Å². The molecule has 0 aliphatic heterocycles. The number of benzene rings is 1. The van der Waals surface area contributed by atoms with Crippen molar-refractivity contribution in [1.82, 2.24) is 9.97 Å². The minimum Gasteiger partial charge on any atom is -0.298 e. The molecule has 0 fully saturated rings. The monoisotopic (exact) mass is 311 g/mol. The van der Waals surface area contributed by atoms with E-state index in [0.717, 1.165) is 16.6 Å². The first kappa shape index (κ1) is 14.7. The van der Waals surface area contributed by atoms with Crippen molar-refractivity contribution in [2.24, 2.45) is 0 Å². The number of hydrogen-bond acceptors (Lipinski definition) is 4. The standard InChI is InChI=1S/C17H17N3OS/c1-17(2,3)14-10-22-16(19-14)20-15(21)12-8-9-18-13-7-5-4-6-11(12)13/h4-10H,1-3H3,(H,19,20,21). The summed E-state index contributed by atoms with van der Waals surface area (Å²) < 4.78 is 0. The predicted molar refractivity (Wildman–Crippen MR) is 90.5 cm³/mol. The van der Waals surface area contributed by atoms with E-state index < -0.39 is 0 Å². The number of aromatic nitrogens is 2. The molecule has 0 bridgehead atoms. The third kappa shape index (κ3) is 2.85. The lowest BCUT2D eigenvalue weighted by molar-refractivity contribution is 0.102. The van der Waals surface area contributed by atoms with E-state index in [1.165, 1.54) is 11.3 Å². The zero-order valence-corrected chi connectivity index (χ0v) is 13.6. The lowest BCUT2D eigenvalue weighted by atomic mass is 9.93. The van der Waals surface area contributed by atoms with Crippen LogP contribution in [0.2, 0.25) is 0 Å². The zero-order valence-electron chi connectivity index (χ0n) is 12.8. The smallest absolute Gasteiger partial charge is 0.258 e.